The highest BCUT2D eigenvalue weighted by Crippen LogP contribution is 2.17. The number of likely N-dealkylation sites (N-methyl/N-ethyl adjacent to an activating group) is 1. The lowest BCUT2D eigenvalue weighted by molar-refractivity contribution is -0.870. The molecule has 0 aliphatic heterocycles. The van der Waals surface area contributed by atoms with Crippen molar-refractivity contribution in [1.29, 1.82) is 0 Å². The molecule has 77 heavy (non-hydrogen) atoms. The second kappa shape index (κ2) is 58.1. The molecule has 440 valence electrons. The van der Waals surface area contributed by atoms with Gasteiger partial charge in [0.25, 0.3) is 0 Å². The Hall–Kier alpha value is -4.05. The van der Waals surface area contributed by atoms with E-state index in [1.165, 1.54) is 141 Å². The van der Waals surface area contributed by atoms with E-state index in [0.29, 0.717) is 17.4 Å². The molecule has 9 heteroatoms. The quantitative estimate of drug-likeness (QED) is 0.0195. The van der Waals surface area contributed by atoms with Crippen LogP contribution in [0.2, 0.25) is 0 Å². The van der Waals surface area contributed by atoms with E-state index in [1.54, 1.807) is 6.08 Å². The number of allylic oxidation sites excluding steroid dienone is 17. The molecule has 0 spiro atoms. The van der Waals surface area contributed by atoms with Gasteiger partial charge >= 0.3 is 11.9 Å². The summed E-state index contributed by atoms with van der Waals surface area (Å²) in [5.74, 6) is -2.45. The Morgan fingerprint density at radius 1 is 0.403 bits per heavy atom. The van der Waals surface area contributed by atoms with Crippen molar-refractivity contribution < 1.29 is 42.9 Å². The zero-order valence-electron chi connectivity index (χ0n) is 50.0. The number of carboxylic acid groups (broad SMARTS) is 1. The van der Waals surface area contributed by atoms with Gasteiger partial charge in [0.15, 0.2) is 12.4 Å². The number of rotatable bonds is 56. The van der Waals surface area contributed by atoms with Gasteiger partial charge in [0, 0.05) is 6.42 Å². The van der Waals surface area contributed by atoms with Crippen LogP contribution >= 0.6 is 0 Å². The maximum atomic E-state index is 12.8. The van der Waals surface area contributed by atoms with E-state index in [4.69, 9.17) is 18.9 Å². The molecule has 0 saturated carbocycles. The van der Waals surface area contributed by atoms with Crippen LogP contribution in [-0.2, 0) is 33.3 Å². The molecule has 0 fully saturated rings. The Bertz CT molecular complexity index is 1630. The highest BCUT2D eigenvalue weighted by molar-refractivity contribution is 5.71. The molecule has 0 aromatic rings. The van der Waals surface area contributed by atoms with Crippen molar-refractivity contribution in [3.8, 4) is 0 Å². The van der Waals surface area contributed by atoms with E-state index < -0.39 is 24.3 Å². The van der Waals surface area contributed by atoms with Crippen molar-refractivity contribution in [2.75, 3.05) is 47.5 Å². The molecule has 2 atom stereocenters. The number of carbonyl (C=O) groups is 3. The van der Waals surface area contributed by atoms with E-state index in [2.05, 4.69) is 105 Å². The molecule has 0 heterocycles. The first kappa shape index (κ1) is 73.0. The summed E-state index contributed by atoms with van der Waals surface area (Å²) in [6.45, 7) is 4.41. The zero-order valence-corrected chi connectivity index (χ0v) is 50.0. The van der Waals surface area contributed by atoms with Crippen molar-refractivity contribution >= 4 is 17.9 Å². The maximum Gasteiger partial charge on any atom is 0.310 e. The van der Waals surface area contributed by atoms with Gasteiger partial charge < -0.3 is 33.3 Å². The Labute approximate surface area is 473 Å². The third kappa shape index (κ3) is 59.5. The second-order valence-corrected chi connectivity index (χ2v) is 21.6. The third-order valence-electron chi connectivity index (χ3n) is 13.0. The normalized spacial score (nSPS) is 13.5. The van der Waals surface area contributed by atoms with Gasteiger partial charge in [-0.15, -0.1) is 0 Å². The lowest BCUT2D eigenvalue weighted by atomic mass is 10.0. The summed E-state index contributed by atoms with van der Waals surface area (Å²) in [6.07, 6.45) is 77.9. The van der Waals surface area contributed by atoms with Crippen LogP contribution in [0, 0.1) is 0 Å². The maximum absolute atomic E-state index is 12.8. The minimum atomic E-state index is -1.65. The number of hydrogen-bond acceptors (Lipinski definition) is 8. The monoisotopic (exact) mass is 1070 g/mol. The molecule has 0 aromatic carbocycles. The summed E-state index contributed by atoms with van der Waals surface area (Å²) in [7, 11) is 5.89. The zero-order chi connectivity index (χ0) is 56.2. The third-order valence-corrected chi connectivity index (χ3v) is 13.0. The first-order valence-electron chi connectivity index (χ1n) is 31.0. The molecule has 0 radical (unpaired) electrons. The van der Waals surface area contributed by atoms with Gasteiger partial charge in [0.1, 0.15) is 13.2 Å². The number of carbonyl (C=O) groups excluding carboxylic acids is 3. The SMILES string of the molecule is CC/C=C\C/C=C\C/C=C\C/C=C\C/C=C\CC(=O)OC(COC(=O)CCCCCCCCCCCCCCCCCCCCCCCCCC/C=C\C/C=C\C/C=C\C/C=C\CC)COC(OCC[N+](C)(C)C)C(=O)[O-]. The summed E-state index contributed by atoms with van der Waals surface area (Å²) in [5, 5.41) is 11.8. The van der Waals surface area contributed by atoms with Crippen LogP contribution in [0.3, 0.4) is 0 Å². The largest absolute Gasteiger partial charge is 0.545 e. The molecule has 0 aliphatic carbocycles. The summed E-state index contributed by atoms with van der Waals surface area (Å²) >= 11 is 0. The van der Waals surface area contributed by atoms with Gasteiger partial charge in [-0.3, -0.25) is 9.59 Å². The molecule has 0 aromatic heterocycles. The molecule has 0 rings (SSSR count). The fraction of sp³-hybridized carbons (Fsp3) is 0.691. The van der Waals surface area contributed by atoms with Crippen molar-refractivity contribution in [2.45, 2.75) is 257 Å². The molecule has 0 amide bonds. The van der Waals surface area contributed by atoms with E-state index in [1.807, 2.05) is 33.3 Å². The first-order chi connectivity index (χ1) is 37.6. The average Bonchev–Trinajstić information content (AvgIpc) is 3.40. The molecule has 0 N–H and O–H groups in total. The average molecular weight is 1070 g/mol. The van der Waals surface area contributed by atoms with Crippen LogP contribution in [-0.4, -0.2) is 82.3 Å². The van der Waals surface area contributed by atoms with Gasteiger partial charge in [0.05, 0.1) is 46.7 Å². The highest BCUT2D eigenvalue weighted by Gasteiger charge is 2.21. The molecule has 2 unspecified atom stereocenters. The van der Waals surface area contributed by atoms with Gasteiger partial charge in [0.2, 0.25) is 0 Å². The van der Waals surface area contributed by atoms with Gasteiger partial charge in [-0.05, 0) is 77.0 Å². The minimum Gasteiger partial charge on any atom is -0.545 e. The molecule has 0 saturated heterocycles. The Kier molecular flexibility index (Phi) is 55.1. The standard InChI is InChI=1S/C68H115NO8/c1-6-8-10-12-14-16-18-20-22-23-24-25-26-27-28-29-30-31-32-33-34-35-36-37-38-39-40-41-42-43-45-46-48-50-52-54-56-58-65(70)75-62-64(63-76-68(67(72)73)74-61-60-69(3,4)5)77-66(71)59-57-55-53-51-49-47-44-21-19-17-15-13-11-9-7-2/h8-11,14-17,20-22,24-25,44,49,51,55,57,64,68H,6-7,12-13,18-19,23,26-43,45-48,50,52-54,56,58-63H2,1-5H3/b10-8-,11-9-,16-14-,17-15-,22-20-,25-24-,44-21-,51-49-,57-55-. The summed E-state index contributed by atoms with van der Waals surface area (Å²) in [6, 6.07) is 0. The summed E-state index contributed by atoms with van der Waals surface area (Å²) in [5.41, 5.74) is 0. The predicted molar refractivity (Wildman–Crippen MR) is 324 cm³/mol. The highest BCUT2D eigenvalue weighted by atomic mass is 16.7. The van der Waals surface area contributed by atoms with Gasteiger partial charge in [-0.2, -0.15) is 0 Å². The Balaban J connectivity index is 4.04. The van der Waals surface area contributed by atoms with Crippen LogP contribution in [0.1, 0.15) is 245 Å². The van der Waals surface area contributed by atoms with Crippen molar-refractivity contribution in [3.05, 3.63) is 109 Å². The predicted octanol–water partition coefficient (Wildman–Crippen LogP) is 17.3. The van der Waals surface area contributed by atoms with Crippen molar-refractivity contribution in [3.63, 3.8) is 0 Å². The topological polar surface area (TPSA) is 111 Å². The lowest BCUT2D eigenvalue weighted by Gasteiger charge is -2.26. The van der Waals surface area contributed by atoms with Crippen LogP contribution in [0.4, 0.5) is 0 Å². The number of unbranched alkanes of at least 4 members (excludes halogenated alkanes) is 24. The van der Waals surface area contributed by atoms with Crippen molar-refractivity contribution in [1.82, 2.24) is 0 Å². The van der Waals surface area contributed by atoms with Crippen LogP contribution in [0.25, 0.3) is 0 Å². The van der Waals surface area contributed by atoms with E-state index in [0.717, 1.165) is 70.6 Å². The molecular formula is C68H115NO8. The number of carboxylic acids is 1. The van der Waals surface area contributed by atoms with Crippen LogP contribution in [0.5, 0.6) is 0 Å². The van der Waals surface area contributed by atoms with Crippen LogP contribution in [0.15, 0.2) is 109 Å². The summed E-state index contributed by atoms with van der Waals surface area (Å²) in [4.78, 5) is 37.2. The number of hydrogen-bond donors (Lipinski definition) is 0. The fourth-order valence-corrected chi connectivity index (χ4v) is 8.37. The molecular weight excluding hydrogens is 959 g/mol. The van der Waals surface area contributed by atoms with Crippen molar-refractivity contribution in [2.24, 2.45) is 0 Å². The fourth-order valence-electron chi connectivity index (χ4n) is 8.37. The molecule has 0 bridgehead atoms. The van der Waals surface area contributed by atoms with Gasteiger partial charge in [-0.1, -0.05) is 264 Å². The number of esters is 2. The number of quaternary nitrogens is 1. The Morgan fingerprint density at radius 3 is 1.10 bits per heavy atom. The molecule has 0 aliphatic rings. The lowest BCUT2D eigenvalue weighted by Crippen LogP contribution is -2.44. The Morgan fingerprint density at radius 2 is 0.740 bits per heavy atom. The smallest absolute Gasteiger partial charge is 0.310 e. The number of ether oxygens (including phenoxy) is 4. The molecule has 9 nitrogen and oxygen atoms in total. The minimum absolute atomic E-state index is 0.0128. The first-order valence-corrected chi connectivity index (χ1v) is 31.0. The summed E-state index contributed by atoms with van der Waals surface area (Å²) < 4.78 is 22.5. The van der Waals surface area contributed by atoms with E-state index >= 15 is 0 Å². The number of aliphatic carboxylic acids is 1. The number of nitrogens with zero attached hydrogens (tertiary/aromatic N) is 1. The van der Waals surface area contributed by atoms with Crippen LogP contribution < -0.4 is 5.11 Å². The van der Waals surface area contributed by atoms with Gasteiger partial charge in [-0.25, -0.2) is 0 Å². The second-order valence-electron chi connectivity index (χ2n) is 21.6. The van der Waals surface area contributed by atoms with E-state index in [9.17, 15) is 19.5 Å². The van der Waals surface area contributed by atoms with E-state index in [-0.39, 0.29) is 38.6 Å².